The summed E-state index contributed by atoms with van der Waals surface area (Å²) in [7, 11) is 0. The van der Waals surface area contributed by atoms with Crippen LogP contribution < -0.4 is 5.73 Å². The Morgan fingerprint density at radius 2 is 1.82 bits per heavy atom. The molecule has 4 rings (SSSR count). The predicted molar refractivity (Wildman–Crippen MR) is 92.5 cm³/mol. The highest BCUT2D eigenvalue weighted by atomic mass is 16.3. The Hall–Kier alpha value is -2.23. The molecule has 4 unspecified atom stereocenters. The van der Waals surface area contributed by atoms with Gasteiger partial charge in [0.05, 0.1) is 18.1 Å². The maximum absolute atomic E-state index is 13.1. The lowest BCUT2D eigenvalue weighted by Crippen LogP contribution is -2.61. The lowest BCUT2D eigenvalue weighted by Gasteiger charge is -2.51. The summed E-state index contributed by atoms with van der Waals surface area (Å²) in [5.74, 6) is -7.84. The minimum atomic E-state index is -2.58. The summed E-state index contributed by atoms with van der Waals surface area (Å²) in [6.45, 7) is 0. The van der Waals surface area contributed by atoms with Gasteiger partial charge < -0.3 is 31.3 Å². The van der Waals surface area contributed by atoms with Crippen molar-refractivity contribution in [2.75, 3.05) is 0 Å². The van der Waals surface area contributed by atoms with E-state index in [1.165, 1.54) is 0 Å². The van der Waals surface area contributed by atoms with Crippen LogP contribution in [0.3, 0.4) is 0 Å². The lowest BCUT2D eigenvalue weighted by atomic mass is 9.55. The zero-order valence-corrected chi connectivity index (χ0v) is 15.0. The Morgan fingerprint density at radius 1 is 1.14 bits per heavy atom. The van der Waals surface area contributed by atoms with Crippen LogP contribution in [0.5, 0.6) is 0 Å². The maximum atomic E-state index is 13.1. The van der Waals surface area contributed by atoms with E-state index in [2.05, 4.69) is 0 Å². The van der Waals surface area contributed by atoms with Crippen LogP contribution in [0.25, 0.3) is 0 Å². The molecule has 4 aliphatic rings. The number of nitrogens with two attached hydrogens (primary N) is 1. The number of allylic oxidation sites excluding steroid dienone is 1. The highest BCUT2D eigenvalue weighted by molar-refractivity contribution is 6.24. The minimum absolute atomic E-state index is 0.0377. The predicted octanol–water partition coefficient (Wildman–Crippen LogP) is -0.843. The number of ketones is 2. The van der Waals surface area contributed by atoms with E-state index in [4.69, 9.17) is 5.73 Å². The van der Waals surface area contributed by atoms with Gasteiger partial charge in [-0.3, -0.25) is 14.4 Å². The van der Waals surface area contributed by atoms with Crippen molar-refractivity contribution in [2.45, 2.75) is 49.9 Å². The topological polar surface area (TPSA) is 178 Å². The molecule has 0 aliphatic heterocycles. The molecule has 9 nitrogen and oxygen atoms in total. The van der Waals surface area contributed by atoms with Crippen molar-refractivity contribution in [3.8, 4) is 0 Å². The standard InChI is InChI=1S/C19H23NO8/c20-18(27)13-10(22)5-6-4-8-12(16(25)19(6,28)17(13)26)15(24)11-7(14(8)23)2-1-3-9(11)21/h6-9,11,14,21-23,25,28H,1-5H2,(H2,20,27)/t6-,7?,8?,9?,11?,14+,19-/m0/s1. The molecule has 0 aromatic carbocycles. The first kappa shape index (κ1) is 19.1. The summed E-state index contributed by atoms with van der Waals surface area (Å²) in [5, 5.41) is 53.1. The molecule has 28 heavy (non-hydrogen) atoms. The van der Waals surface area contributed by atoms with Gasteiger partial charge in [-0.05, 0) is 25.2 Å². The number of carbonyl (C=O) groups excluding carboxylic acids is 3. The molecule has 0 aromatic rings. The smallest absolute Gasteiger partial charge is 0.255 e. The summed E-state index contributed by atoms with van der Waals surface area (Å²) >= 11 is 0. The molecular formula is C19H23NO8. The van der Waals surface area contributed by atoms with Crippen molar-refractivity contribution in [3.05, 3.63) is 22.7 Å². The van der Waals surface area contributed by atoms with Gasteiger partial charge in [-0.1, -0.05) is 6.42 Å². The molecule has 0 aromatic heterocycles. The van der Waals surface area contributed by atoms with Crippen molar-refractivity contribution >= 4 is 17.5 Å². The number of carbonyl (C=O) groups is 3. The SMILES string of the molecule is NC(=O)C1=C(O)C[C@@H]2CC3C(=C(O)[C@]2(O)C1=O)C(=O)C1C(O)CCCC1[C@H]3O. The zero-order chi connectivity index (χ0) is 20.5. The second-order valence-corrected chi connectivity index (χ2v) is 8.33. The van der Waals surface area contributed by atoms with Crippen LogP contribution in [0.2, 0.25) is 0 Å². The van der Waals surface area contributed by atoms with Gasteiger partial charge in [0.25, 0.3) is 5.91 Å². The van der Waals surface area contributed by atoms with Crippen molar-refractivity contribution < 1.29 is 39.9 Å². The highest BCUT2D eigenvalue weighted by Gasteiger charge is 2.62. The second kappa shape index (κ2) is 6.13. The molecule has 0 radical (unpaired) electrons. The Balaban J connectivity index is 1.86. The molecule has 0 spiro atoms. The van der Waals surface area contributed by atoms with Crippen LogP contribution in [0, 0.1) is 23.7 Å². The minimum Gasteiger partial charge on any atom is -0.511 e. The Kier molecular flexibility index (Phi) is 4.18. The number of fused-ring (bicyclic) bond motifs is 3. The van der Waals surface area contributed by atoms with Crippen molar-refractivity contribution in [2.24, 2.45) is 29.4 Å². The molecule has 0 saturated heterocycles. The van der Waals surface area contributed by atoms with Crippen LogP contribution in [-0.2, 0) is 14.4 Å². The largest absolute Gasteiger partial charge is 0.511 e. The van der Waals surface area contributed by atoms with Gasteiger partial charge >= 0.3 is 0 Å². The molecule has 1 amide bonds. The summed E-state index contributed by atoms with van der Waals surface area (Å²) in [5.41, 5.74) is 1.48. The van der Waals surface area contributed by atoms with Crippen molar-refractivity contribution in [1.82, 2.24) is 0 Å². The monoisotopic (exact) mass is 393 g/mol. The first-order valence-corrected chi connectivity index (χ1v) is 9.43. The van der Waals surface area contributed by atoms with E-state index >= 15 is 0 Å². The molecule has 2 saturated carbocycles. The average Bonchev–Trinajstić information content (AvgIpc) is 2.62. The number of aliphatic hydroxyl groups excluding tert-OH is 4. The third-order valence-corrected chi connectivity index (χ3v) is 7.00. The quantitative estimate of drug-likeness (QED) is 0.312. The number of amides is 1. The van der Waals surface area contributed by atoms with Gasteiger partial charge in [-0.2, -0.15) is 0 Å². The molecule has 2 fully saturated rings. The second-order valence-electron chi connectivity index (χ2n) is 8.33. The average molecular weight is 393 g/mol. The summed E-state index contributed by atoms with van der Waals surface area (Å²) < 4.78 is 0. The summed E-state index contributed by atoms with van der Waals surface area (Å²) in [6, 6.07) is 0. The molecule has 152 valence electrons. The van der Waals surface area contributed by atoms with E-state index < -0.39 is 76.0 Å². The lowest BCUT2D eigenvalue weighted by molar-refractivity contribution is -0.153. The summed E-state index contributed by atoms with van der Waals surface area (Å²) in [6.07, 6.45) is -0.784. The first-order valence-electron chi connectivity index (χ1n) is 9.43. The van der Waals surface area contributed by atoms with Gasteiger partial charge in [-0.15, -0.1) is 0 Å². The Labute approximate surface area is 160 Å². The van der Waals surface area contributed by atoms with Crippen molar-refractivity contribution in [3.63, 3.8) is 0 Å². The van der Waals surface area contributed by atoms with Gasteiger partial charge in [-0.25, -0.2) is 0 Å². The maximum Gasteiger partial charge on any atom is 0.255 e. The first-order chi connectivity index (χ1) is 13.1. The molecule has 9 heteroatoms. The number of hydrogen-bond donors (Lipinski definition) is 6. The molecule has 7 N–H and O–H groups in total. The van der Waals surface area contributed by atoms with Gasteiger partial charge in [0.1, 0.15) is 17.1 Å². The number of primary amides is 1. The van der Waals surface area contributed by atoms with E-state index in [0.717, 1.165) is 0 Å². The summed E-state index contributed by atoms with van der Waals surface area (Å²) in [4.78, 5) is 37.4. The fourth-order valence-corrected chi connectivity index (χ4v) is 5.65. The van der Waals surface area contributed by atoms with E-state index in [1.807, 2.05) is 0 Å². The normalized spacial score (nSPS) is 43.4. The molecule has 7 atom stereocenters. The Bertz CT molecular complexity index is 845. The van der Waals surface area contributed by atoms with Gasteiger partial charge in [0.2, 0.25) is 5.78 Å². The molecular weight excluding hydrogens is 370 g/mol. The van der Waals surface area contributed by atoms with E-state index in [-0.39, 0.29) is 18.4 Å². The third-order valence-electron chi connectivity index (χ3n) is 7.00. The number of Topliss-reactive ketones (excluding diaryl/α,β-unsaturated/α-hetero) is 2. The van der Waals surface area contributed by atoms with Crippen molar-refractivity contribution in [1.29, 1.82) is 0 Å². The van der Waals surface area contributed by atoms with Crippen LogP contribution in [0.4, 0.5) is 0 Å². The third kappa shape index (κ3) is 2.26. The van der Waals surface area contributed by atoms with Crippen LogP contribution in [0.15, 0.2) is 22.7 Å². The van der Waals surface area contributed by atoms with E-state index in [9.17, 15) is 39.9 Å². The molecule has 0 heterocycles. The fraction of sp³-hybridized carbons (Fsp3) is 0.632. The van der Waals surface area contributed by atoms with Gasteiger partial charge in [0, 0.05) is 23.8 Å². The molecule has 4 aliphatic carbocycles. The van der Waals surface area contributed by atoms with Crippen LogP contribution in [0.1, 0.15) is 32.1 Å². The van der Waals surface area contributed by atoms with E-state index in [1.54, 1.807) is 0 Å². The van der Waals surface area contributed by atoms with E-state index in [0.29, 0.717) is 19.3 Å². The highest BCUT2D eigenvalue weighted by Crippen LogP contribution is 2.54. The Morgan fingerprint density at radius 3 is 2.46 bits per heavy atom. The fourth-order valence-electron chi connectivity index (χ4n) is 5.65. The number of rotatable bonds is 1. The number of aliphatic hydroxyl groups is 5. The zero-order valence-electron chi connectivity index (χ0n) is 15.0. The van der Waals surface area contributed by atoms with Crippen LogP contribution in [-0.4, -0.2) is 60.8 Å². The van der Waals surface area contributed by atoms with Gasteiger partial charge in [0.15, 0.2) is 11.4 Å². The van der Waals surface area contributed by atoms with Crippen LogP contribution >= 0.6 is 0 Å². The molecule has 0 bridgehead atoms. The number of hydrogen-bond acceptors (Lipinski definition) is 8.